The van der Waals surface area contributed by atoms with Crippen LogP contribution in [0.2, 0.25) is 0 Å². The van der Waals surface area contributed by atoms with Gasteiger partial charge in [0.15, 0.2) is 0 Å². The van der Waals surface area contributed by atoms with Gasteiger partial charge in [0.05, 0.1) is 6.61 Å². The van der Waals surface area contributed by atoms with Gasteiger partial charge in [-0.2, -0.15) is 0 Å². The maximum absolute atomic E-state index is 13.1. The first-order valence-electron chi connectivity index (χ1n) is 10.0. The van der Waals surface area contributed by atoms with Gasteiger partial charge in [-0.15, -0.1) is 0 Å². The van der Waals surface area contributed by atoms with Crippen LogP contribution < -0.4 is 4.74 Å². The number of hydrogen-bond donors (Lipinski definition) is 0. The van der Waals surface area contributed by atoms with E-state index in [4.69, 9.17) is 4.74 Å². The van der Waals surface area contributed by atoms with E-state index in [2.05, 4.69) is 0 Å². The van der Waals surface area contributed by atoms with Crippen LogP contribution in [0.3, 0.4) is 0 Å². The molecule has 154 valence electrons. The first-order chi connectivity index (χ1) is 14.0. The zero-order valence-corrected chi connectivity index (χ0v) is 16.8. The Bertz CT molecular complexity index is 856. The highest BCUT2D eigenvalue weighted by atomic mass is 19.1. The molecule has 0 saturated carbocycles. The molecule has 0 aromatic heterocycles. The number of aryl methyl sites for hydroxylation is 1. The van der Waals surface area contributed by atoms with Crippen molar-refractivity contribution in [3.05, 3.63) is 65.5 Å². The number of amides is 2. The lowest BCUT2D eigenvalue weighted by Crippen LogP contribution is -2.37. The molecular formula is C23H27FN2O3. The Hall–Kier alpha value is -2.89. The van der Waals surface area contributed by atoms with Crippen LogP contribution in [0.4, 0.5) is 4.39 Å². The van der Waals surface area contributed by atoms with E-state index >= 15 is 0 Å². The monoisotopic (exact) mass is 398 g/mol. The molecule has 1 saturated heterocycles. The van der Waals surface area contributed by atoms with Crippen LogP contribution >= 0.6 is 0 Å². The fourth-order valence-corrected chi connectivity index (χ4v) is 3.46. The van der Waals surface area contributed by atoms with Crippen molar-refractivity contribution >= 4 is 11.8 Å². The Labute approximate surface area is 171 Å². The predicted molar refractivity (Wildman–Crippen MR) is 109 cm³/mol. The number of benzene rings is 2. The molecule has 1 heterocycles. The van der Waals surface area contributed by atoms with Crippen molar-refractivity contribution in [2.45, 2.75) is 26.2 Å². The molecule has 6 heteroatoms. The predicted octanol–water partition coefficient (Wildman–Crippen LogP) is 3.67. The van der Waals surface area contributed by atoms with Gasteiger partial charge in [-0.3, -0.25) is 9.59 Å². The van der Waals surface area contributed by atoms with Gasteiger partial charge < -0.3 is 14.5 Å². The zero-order chi connectivity index (χ0) is 20.6. The van der Waals surface area contributed by atoms with Crippen molar-refractivity contribution in [2.24, 2.45) is 0 Å². The highest BCUT2D eigenvalue weighted by Gasteiger charge is 2.22. The molecule has 1 fully saturated rings. The normalized spacial score (nSPS) is 14.4. The van der Waals surface area contributed by atoms with Crippen molar-refractivity contribution in [2.75, 3.05) is 32.8 Å². The Morgan fingerprint density at radius 3 is 2.55 bits per heavy atom. The molecule has 0 radical (unpaired) electrons. The number of halogens is 1. The fourth-order valence-electron chi connectivity index (χ4n) is 3.46. The fraction of sp³-hybridized carbons (Fsp3) is 0.391. The summed E-state index contributed by atoms with van der Waals surface area (Å²) in [6.07, 6.45) is 1.71. The Morgan fingerprint density at radius 1 is 1.00 bits per heavy atom. The molecule has 2 aromatic rings. The van der Waals surface area contributed by atoms with Crippen LogP contribution in [0.25, 0.3) is 0 Å². The minimum atomic E-state index is -0.340. The summed E-state index contributed by atoms with van der Waals surface area (Å²) in [4.78, 5) is 28.9. The number of hydrogen-bond acceptors (Lipinski definition) is 3. The highest BCUT2D eigenvalue weighted by molar-refractivity contribution is 5.94. The van der Waals surface area contributed by atoms with E-state index in [9.17, 15) is 14.0 Å². The maximum atomic E-state index is 13.1. The van der Waals surface area contributed by atoms with Gasteiger partial charge in [-0.05, 0) is 44.0 Å². The first kappa shape index (κ1) is 20.8. The molecule has 0 aliphatic carbocycles. The number of carbonyl (C=O) groups is 2. The van der Waals surface area contributed by atoms with E-state index in [1.807, 2.05) is 41.0 Å². The molecule has 0 atom stereocenters. The van der Waals surface area contributed by atoms with Crippen LogP contribution in [-0.4, -0.2) is 54.4 Å². The van der Waals surface area contributed by atoms with Crippen molar-refractivity contribution in [3.8, 4) is 5.75 Å². The standard InChI is InChI=1S/C23H27FN2O3/c1-18-6-2-7-19(16-18)23(28)26-12-5-11-25(13-14-26)22(27)10-4-15-29-21-9-3-8-20(24)17-21/h2-3,6-9,16-17H,4-5,10-15H2,1H3. The third kappa shape index (κ3) is 6.04. The smallest absolute Gasteiger partial charge is 0.253 e. The second-order valence-electron chi connectivity index (χ2n) is 7.31. The van der Waals surface area contributed by atoms with Gasteiger partial charge in [0.1, 0.15) is 11.6 Å². The van der Waals surface area contributed by atoms with Crippen molar-refractivity contribution in [3.63, 3.8) is 0 Å². The van der Waals surface area contributed by atoms with Crippen LogP contribution in [0.5, 0.6) is 5.75 Å². The van der Waals surface area contributed by atoms with Crippen molar-refractivity contribution in [1.82, 2.24) is 9.80 Å². The zero-order valence-electron chi connectivity index (χ0n) is 16.8. The average Bonchev–Trinajstić information content (AvgIpc) is 2.97. The van der Waals surface area contributed by atoms with Gasteiger partial charge >= 0.3 is 0 Å². The topological polar surface area (TPSA) is 49.9 Å². The molecule has 1 aliphatic rings. The number of nitrogens with zero attached hydrogens (tertiary/aromatic N) is 2. The van der Waals surface area contributed by atoms with Gasteiger partial charge in [0, 0.05) is 44.2 Å². The quantitative estimate of drug-likeness (QED) is 0.698. The molecule has 0 spiro atoms. The summed E-state index contributed by atoms with van der Waals surface area (Å²) in [5.41, 5.74) is 1.75. The number of rotatable bonds is 6. The molecule has 2 amide bonds. The molecule has 0 unspecified atom stereocenters. The molecule has 2 aromatic carbocycles. The van der Waals surface area contributed by atoms with Crippen LogP contribution in [0.15, 0.2) is 48.5 Å². The molecule has 5 nitrogen and oxygen atoms in total. The molecule has 29 heavy (non-hydrogen) atoms. The summed E-state index contributed by atoms with van der Waals surface area (Å²) in [6.45, 7) is 4.72. The van der Waals surface area contributed by atoms with E-state index in [1.165, 1.54) is 12.1 Å². The summed E-state index contributed by atoms with van der Waals surface area (Å²) in [7, 11) is 0. The summed E-state index contributed by atoms with van der Waals surface area (Å²) in [6, 6.07) is 13.6. The van der Waals surface area contributed by atoms with Gasteiger partial charge in [0.25, 0.3) is 5.91 Å². The maximum Gasteiger partial charge on any atom is 0.253 e. The van der Waals surface area contributed by atoms with E-state index in [0.717, 1.165) is 12.0 Å². The largest absolute Gasteiger partial charge is 0.493 e. The summed E-state index contributed by atoms with van der Waals surface area (Å²) in [5, 5.41) is 0. The Balaban J connectivity index is 1.43. The van der Waals surface area contributed by atoms with Crippen LogP contribution in [-0.2, 0) is 4.79 Å². The van der Waals surface area contributed by atoms with Crippen LogP contribution in [0.1, 0.15) is 35.2 Å². The lowest BCUT2D eigenvalue weighted by Gasteiger charge is -2.22. The third-order valence-corrected chi connectivity index (χ3v) is 5.00. The first-order valence-corrected chi connectivity index (χ1v) is 10.0. The molecule has 1 aliphatic heterocycles. The van der Waals surface area contributed by atoms with Crippen molar-refractivity contribution < 1.29 is 18.7 Å². The van der Waals surface area contributed by atoms with E-state index in [0.29, 0.717) is 56.9 Å². The molecule has 0 bridgehead atoms. The van der Waals surface area contributed by atoms with E-state index < -0.39 is 0 Å². The molecule has 0 N–H and O–H groups in total. The van der Waals surface area contributed by atoms with Gasteiger partial charge in [-0.1, -0.05) is 23.8 Å². The van der Waals surface area contributed by atoms with Crippen molar-refractivity contribution in [1.29, 1.82) is 0 Å². The second-order valence-corrected chi connectivity index (χ2v) is 7.31. The highest BCUT2D eigenvalue weighted by Crippen LogP contribution is 2.14. The molecular weight excluding hydrogens is 371 g/mol. The summed E-state index contributed by atoms with van der Waals surface area (Å²) >= 11 is 0. The third-order valence-electron chi connectivity index (χ3n) is 5.00. The van der Waals surface area contributed by atoms with E-state index in [1.54, 1.807) is 12.1 Å². The van der Waals surface area contributed by atoms with Gasteiger partial charge in [-0.25, -0.2) is 4.39 Å². The Morgan fingerprint density at radius 2 is 1.76 bits per heavy atom. The van der Waals surface area contributed by atoms with Crippen LogP contribution in [0, 0.1) is 12.7 Å². The lowest BCUT2D eigenvalue weighted by atomic mass is 10.1. The van der Waals surface area contributed by atoms with Gasteiger partial charge in [0.2, 0.25) is 5.91 Å². The minimum Gasteiger partial charge on any atom is -0.493 e. The Kier molecular flexibility index (Phi) is 7.22. The summed E-state index contributed by atoms with van der Waals surface area (Å²) < 4.78 is 18.6. The minimum absolute atomic E-state index is 0.0199. The summed E-state index contributed by atoms with van der Waals surface area (Å²) in [5.74, 6) is 0.217. The second kappa shape index (κ2) is 10.0. The number of carbonyl (C=O) groups excluding carboxylic acids is 2. The SMILES string of the molecule is Cc1cccc(C(=O)N2CCCN(C(=O)CCCOc3cccc(F)c3)CC2)c1. The van der Waals surface area contributed by atoms with E-state index in [-0.39, 0.29) is 17.6 Å². The number of ether oxygens (including phenoxy) is 1. The average molecular weight is 398 g/mol. The lowest BCUT2D eigenvalue weighted by molar-refractivity contribution is -0.131. The molecule has 3 rings (SSSR count).